The van der Waals surface area contributed by atoms with Crippen LogP contribution in [0.3, 0.4) is 0 Å². The lowest BCUT2D eigenvalue weighted by Gasteiger charge is -2.31. The van der Waals surface area contributed by atoms with Gasteiger partial charge < -0.3 is 10.2 Å². The van der Waals surface area contributed by atoms with Gasteiger partial charge in [0.25, 0.3) is 6.43 Å². The number of sulfonamides is 1. The molecule has 2 aromatic rings. The lowest BCUT2D eigenvalue weighted by molar-refractivity contribution is -0.146. The Bertz CT molecular complexity index is 1120. The van der Waals surface area contributed by atoms with Gasteiger partial charge in [-0.3, -0.25) is 0 Å². The smallest absolute Gasteiger partial charge is 0.351 e. The van der Waals surface area contributed by atoms with Crippen molar-refractivity contribution in [3.8, 4) is 0 Å². The first-order chi connectivity index (χ1) is 15.4. The molecule has 14 heteroatoms. The highest BCUT2D eigenvalue weighted by molar-refractivity contribution is 7.88. The molecule has 2 saturated heterocycles. The van der Waals surface area contributed by atoms with Crippen molar-refractivity contribution >= 4 is 32.7 Å². The zero-order chi connectivity index (χ0) is 24.0. The Kier molecular flexibility index (Phi) is 6.33. The Morgan fingerprint density at radius 3 is 2.42 bits per heavy atom. The maximum absolute atomic E-state index is 13.6. The molecule has 0 bridgehead atoms. The number of halogens is 5. The standard InChI is InChI=1S/C19H23F5N6O2S/c1-33(31,32)29-7-4-12(5-8-29)26-18-25-10-11-9-13(16(20)21)27-17(15(11)28-18)30-6-2-3-14(30)19(22,23)24/h9-10,12,14,16H,2-8H2,1H3,(H,25,26,28)/t14-/m0/s1. The molecule has 0 unspecified atom stereocenters. The number of fused-ring (bicyclic) bond motifs is 1. The molecule has 2 fully saturated rings. The summed E-state index contributed by atoms with van der Waals surface area (Å²) in [5.41, 5.74) is -0.579. The first kappa shape index (κ1) is 23.8. The molecule has 33 heavy (non-hydrogen) atoms. The minimum absolute atomic E-state index is 0.0235. The summed E-state index contributed by atoms with van der Waals surface area (Å²) < 4.78 is 92.1. The largest absolute Gasteiger partial charge is 0.408 e. The van der Waals surface area contributed by atoms with Gasteiger partial charge in [-0.05, 0) is 31.7 Å². The number of hydrogen-bond acceptors (Lipinski definition) is 7. The van der Waals surface area contributed by atoms with Crippen LogP contribution in [0, 0.1) is 0 Å². The number of aromatic nitrogens is 3. The molecule has 2 aliphatic rings. The Morgan fingerprint density at radius 1 is 1.12 bits per heavy atom. The lowest BCUT2D eigenvalue weighted by atomic mass is 10.1. The lowest BCUT2D eigenvalue weighted by Crippen LogP contribution is -2.42. The minimum Gasteiger partial charge on any atom is -0.351 e. The average Bonchev–Trinajstić information content (AvgIpc) is 3.23. The van der Waals surface area contributed by atoms with Crippen LogP contribution >= 0.6 is 0 Å². The van der Waals surface area contributed by atoms with Crippen LogP contribution in [0.5, 0.6) is 0 Å². The van der Waals surface area contributed by atoms with Crippen molar-refractivity contribution in [1.29, 1.82) is 0 Å². The Morgan fingerprint density at radius 2 is 1.82 bits per heavy atom. The SMILES string of the molecule is CS(=O)(=O)N1CCC(Nc2ncc3cc(C(F)F)nc(N4CCC[C@H]4C(F)(F)F)c3n2)CC1. The van der Waals surface area contributed by atoms with Crippen molar-refractivity contribution in [2.75, 3.05) is 36.1 Å². The van der Waals surface area contributed by atoms with Gasteiger partial charge >= 0.3 is 6.18 Å². The minimum atomic E-state index is -4.53. The summed E-state index contributed by atoms with van der Waals surface area (Å²) in [6, 6.07) is -0.893. The van der Waals surface area contributed by atoms with E-state index in [0.29, 0.717) is 25.9 Å². The molecule has 8 nitrogen and oxygen atoms in total. The summed E-state index contributed by atoms with van der Waals surface area (Å²) in [7, 11) is -3.29. The van der Waals surface area contributed by atoms with Crippen LogP contribution in [0.2, 0.25) is 0 Å². The summed E-state index contributed by atoms with van der Waals surface area (Å²) in [6.07, 6.45) is -3.99. The van der Waals surface area contributed by atoms with Gasteiger partial charge in [0, 0.05) is 37.3 Å². The fourth-order valence-corrected chi connectivity index (χ4v) is 5.17. The molecule has 1 N–H and O–H groups in total. The van der Waals surface area contributed by atoms with Gasteiger partial charge in [0.1, 0.15) is 17.3 Å². The monoisotopic (exact) mass is 494 g/mol. The van der Waals surface area contributed by atoms with E-state index in [0.717, 1.165) is 17.2 Å². The molecule has 0 amide bonds. The zero-order valence-corrected chi connectivity index (χ0v) is 18.5. The van der Waals surface area contributed by atoms with Crippen molar-refractivity contribution in [3.63, 3.8) is 0 Å². The predicted octanol–water partition coefficient (Wildman–Crippen LogP) is 3.33. The third kappa shape index (κ3) is 5.10. The highest BCUT2D eigenvalue weighted by Crippen LogP contribution is 2.38. The van der Waals surface area contributed by atoms with Crippen molar-refractivity contribution in [1.82, 2.24) is 19.3 Å². The number of pyridine rings is 1. The van der Waals surface area contributed by atoms with Gasteiger partial charge in [-0.2, -0.15) is 13.2 Å². The first-order valence-electron chi connectivity index (χ1n) is 10.4. The highest BCUT2D eigenvalue weighted by Gasteiger charge is 2.47. The maximum atomic E-state index is 13.6. The summed E-state index contributed by atoms with van der Waals surface area (Å²) >= 11 is 0. The van der Waals surface area contributed by atoms with Gasteiger partial charge in [-0.25, -0.2) is 36.5 Å². The third-order valence-electron chi connectivity index (χ3n) is 5.95. The number of nitrogens with zero attached hydrogens (tertiary/aromatic N) is 5. The van der Waals surface area contributed by atoms with E-state index in [9.17, 15) is 30.4 Å². The molecule has 0 spiro atoms. The Hall–Kier alpha value is -2.35. The second kappa shape index (κ2) is 8.78. The number of anilines is 2. The van der Waals surface area contributed by atoms with E-state index in [4.69, 9.17) is 0 Å². The van der Waals surface area contributed by atoms with E-state index in [1.54, 1.807) is 0 Å². The fourth-order valence-electron chi connectivity index (χ4n) is 4.30. The van der Waals surface area contributed by atoms with Crippen molar-refractivity contribution in [2.45, 2.75) is 50.4 Å². The van der Waals surface area contributed by atoms with E-state index in [1.165, 1.54) is 10.5 Å². The van der Waals surface area contributed by atoms with Gasteiger partial charge in [0.2, 0.25) is 16.0 Å². The highest BCUT2D eigenvalue weighted by atomic mass is 32.2. The Labute approximate surface area is 187 Å². The van der Waals surface area contributed by atoms with E-state index in [-0.39, 0.29) is 48.1 Å². The van der Waals surface area contributed by atoms with Gasteiger partial charge in [-0.15, -0.1) is 0 Å². The second-order valence-electron chi connectivity index (χ2n) is 8.28. The zero-order valence-electron chi connectivity index (χ0n) is 17.7. The molecular weight excluding hydrogens is 471 g/mol. The Balaban J connectivity index is 1.65. The van der Waals surface area contributed by atoms with Gasteiger partial charge in [-0.1, -0.05) is 0 Å². The fraction of sp³-hybridized carbons (Fsp3) is 0.632. The molecule has 182 valence electrons. The number of alkyl halides is 5. The molecule has 1 atom stereocenters. The number of rotatable bonds is 5. The molecule has 2 aromatic heterocycles. The van der Waals surface area contributed by atoms with Crippen LogP contribution in [-0.2, 0) is 10.0 Å². The number of nitrogens with one attached hydrogen (secondary N) is 1. The van der Waals surface area contributed by atoms with Crippen LogP contribution < -0.4 is 10.2 Å². The molecule has 0 radical (unpaired) electrons. The predicted molar refractivity (Wildman–Crippen MR) is 112 cm³/mol. The van der Waals surface area contributed by atoms with Crippen molar-refractivity contribution < 1.29 is 30.4 Å². The van der Waals surface area contributed by atoms with E-state index in [1.807, 2.05) is 0 Å². The summed E-state index contributed by atoms with van der Waals surface area (Å²) in [4.78, 5) is 13.3. The van der Waals surface area contributed by atoms with Crippen LogP contribution in [0.4, 0.5) is 33.7 Å². The summed E-state index contributed by atoms with van der Waals surface area (Å²) in [5, 5.41) is 3.25. The molecule has 0 saturated carbocycles. The number of piperidine rings is 1. The molecule has 2 aliphatic heterocycles. The summed E-state index contributed by atoms with van der Waals surface area (Å²) in [5.74, 6) is -0.115. The van der Waals surface area contributed by atoms with E-state index < -0.39 is 34.4 Å². The van der Waals surface area contributed by atoms with Crippen LogP contribution in [0.1, 0.15) is 37.8 Å². The second-order valence-corrected chi connectivity index (χ2v) is 10.3. The van der Waals surface area contributed by atoms with Gasteiger partial charge in [0.15, 0.2) is 5.82 Å². The molecule has 4 rings (SSSR count). The summed E-state index contributed by atoms with van der Waals surface area (Å²) in [6.45, 7) is 0.654. The quantitative estimate of drug-likeness (QED) is 0.638. The third-order valence-corrected chi connectivity index (χ3v) is 7.25. The van der Waals surface area contributed by atoms with Crippen molar-refractivity contribution in [3.05, 3.63) is 18.0 Å². The van der Waals surface area contributed by atoms with E-state index in [2.05, 4.69) is 20.3 Å². The van der Waals surface area contributed by atoms with Crippen LogP contribution in [-0.4, -0.2) is 71.8 Å². The van der Waals surface area contributed by atoms with Crippen LogP contribution in [0.15, 0.2) is 12.3 Å². The van der Waals surface area contributed by atoms with Crippen molar-refractivity contribution in [2.24, 2.45) is 0 Å². The molecular formula is C19H23F5N6O2S. The topological polar surface area (TPSA) is 91.3 Å². The molecule has 0 aromatic carbocycles. The maximum Gasteiger partial charge on any atom is 0.408 e. The van der Waals surface area contributed by atoms with E-state index >= 15 is 0 Å². The number of hydrogen-bond donors (Lipinski definition) is 1. The van der Waals surface area contributed by atoms with Crippen LogP contribution in [0.25, 0.3) is 10.9 Å². The molecule has 4 heterocycles. The normalized spacial score (nSPS) is 21.3. The average molecular weight is 494 g/mol. The molecule has 0 aliphatic carbocycles. The van der Waals surface area contributed by atoms with Gasteiger partial charge in [0.05, 0.1) is 6.26 Å². The first-order valence-corrected chi connectivity index (χ1v) is 12.3.